The van der Waals surface area contributed by atoms with Crippen LogP contribution in [0.15, 0.2) is 24.3 Å². The average molecular weight is 361 g/mol. The highest BCUT2D eigenvalue weighted by Crippen LogP contribution is 2.23. The summed E-state index contributed by atoms with van der Waals surface area (Å²) in [5, 5.41) is 6.00. The van der Waals surface area contributed by atoms with Crippen LogP contribution in [0.3, 0.4) is 0 Å². The Hall–Kier alpha value is -2.08. The predicted octanol–water partition coefficient (Wildman–Crippen LogP) is 2.65. The van der Waals surface area contributed by atoms with Gasteiger partial charge in [0.15, 0.2) is 0 Å². The van der Waals surface area contributed by atoms with Gasteiger partial charge in [0.25, 0.3) is 0 Å². The molecular formula is C20H31N3O3. The lowest BCUT2D eigenvalue weighted by Crippen LogP contribution is -2.50. The molecule has 0 heterocycles. The van der Waals surface area contributed by atoms with Crippen molar-refractivity contribution in [2.75, 3.05) is 26.0 Å². The van der Waals surface area contributed by atoms with Gasteiger partial charge in [0.05, 0.1) is 19.7 Å². The van der Waals surface area contributed by atoms with Gasteiger partial charge >= 0.3 is 0 Å². The summed E-state index contributed by atoms with van der Waals surface area (Å²) >= 11 is 0. The first-order chi connectivity index (χ1) is 12.4. The molecule has 2 amide bonds. The van der Waals surface area contributed by atoms with Crippen molar-refractivity contribution in [2.24, 2.45) is 5.92 Å². The molecule has 1 aliphatic rings. The zero-order chi connectivity index (χ0) is 19.1. The first-order valence-corrected chi connectivity index (χ1v) is 9.35. The highest BCUT2D eigenvalue weighted by atomic mass is 16.5. The van der Waals surface area contributed by atoms with Gasteiger partial charge in [0.1, 0.15) is 5.75 Å². The van der Waals surface area contributed by atoms with Crippen LogP contribution in [0.4, 0.5) is 5.69 Å². The minimum Gasteiger partial charge on any atom is -0.497 e. The molecule has 2 rings (SSSR count). The van der Waals surface area contributed by atoms with Crippen LogP contribution in [0, 0.1) is 5.92 Å². The van der Waals surface area contributed by atoms with Gasteiger partial charge in [-0.3, -0.25) is 14.5 Å². The van der Waals surface area contributed by atoms with Gasteiger partial charge in [0, 0.05) is 11.7 Å². The smallest absolute Gasteiger partial charge is 0.238 e. The molecule has 1 fully saturated rings. The van der Waals surface area contributed by atoms with Crippen LogP contribution in [-0.2, 0) is 9.59 Å². The molecule has 6 heteroatoms. The highest BCUT2D eigenvalue weighted by molar-refractivity contribution is 5.92. The fraction of sp³-hybridized carbons (Fsp3) is 0.600. The summed E-state index contributed by atoms with van der Waals surface area (Å²) in [5.74, 6) is 1.10. The molecule has 26 heavy (non-hydrogen) atoms. The number of carbonyl (C=O) groups excluding carboxylic acids is 2. The summed E-state index contributed by atoms with van der Waals surface area (Å²) in [6.07, 6.45) is 4.62. The van der Waals surface area contributed by atoms with E-state index in [2.05, 4.69) is 17.6 Å². The van der Waals surface area contributed by atoms with Crippen LogP contribution < -0.4 is 15.4 Å². The van der Waals surface area contributed by atoms with Gasteiger partial charge in [-0.25, -0.2) is 0 Å². The fourth-order valence-corrected chi connectivity index (χ4v) is 3.27. The summed E-state index contributed by atoms with van der Waals surface area (Å²) in [4.78, 5) is 26.5. The Kier molecular flexibility index (Phi) is 7.45. The molecule has 1 saturated carbocycles. The number of hydrogen-bond donors (Lipinski definition) is 2. The Morgan fingerprint density at radius 3 is 2.50 bits per heavy atom. The van der Waals surface area contributed by atoms with Gasteiger partial charge in [-0.1, -0.05) is 19.8 Å². The minimum absolute atomic E-state index is 0.0107. The Morgan fingerprint density at radius 1 is 1.23 bits per heavy atom. The number of benzene rings is 1. The summed E-state index contributed by atoms with van der Waals surface area (Å²) < 4.78 is 5.10. The molecule has 1 aromatic rings. The van der Waals surface area contributed by atoms with Crippen molar-refractivity contribution in [3.8, 4) is 5.75 Å². The van der Waals surface area contributed by atoms with E-state index >= 15 is 0 Å². The first-order valence-electron chi connectivity index (χ1n) is 9.35. The van der Waals surface area contributed by atoms with Gasteiger partial charge in [-0.05, 0) is 57.0 Å². The van der Waals surface area contributed by atoms with Crippen molar-refractivity contribution in [1.82, 2.24) is 10.2 Å². The fourth-order valence-electron chi connectivity index (χ4n) is 3.27. The van der Waals surface area contributed by atoms with E-state index in [1.165, 1.54) is 19.3 Å². The molecule has 0 radical (unpaired) electrons. The molecule has 1 aromatic carbocycles. The number of likely N-dealkylation sites (N-methyl/N-ethyl adjacent to an activating group) is 1. The second kappa shape index (κ2) is 9.57. The summed E-state index contributed by atoms with van der Waals surface area (Å²) in [5.41, 5.74) is 0.706. The van der Waals surface area contributed by atoms with Gasteiger partial charge in [-0.15, -0.1) is 0 Å². The minimum atomic E-state index is -0.356. The molecule has 144 valence electrons. The quantitative estimate of drug-likeness (QED) is 0.783. The van der Waals surface area contributed by atoms with Gasteiger partial charge in [0.2, 0.25) is 11.8 Å². The second-order valence-corrected chi connectivity index (χ2v) is 7.24. The van der Waals surface area contributed by atoms with Crippen molar-refractivity contribution in [1.29, 1.82) is 0 Å². The molecule has 6 nitrogen and oxygen atoms in total. The normalized spacial score (nSPS) is 21.1. The van der Waals surface area contributed by atoms with E-state index < -0.39 is 0 Å². The van der Waals surface area contributed by atoms with Crippen molar-refractivity contribution in [3.63, 3.8) is 0 Å². The van der Waals surface area contributed by atoms with Crippen molar-refractivity contribution in [2.45, 2.75) is 51.6 Å². The maximum absolute atomic E-state index is 12.5. The van der Waals surface area contributed by atoms with Crippen LogP contribution in [0.5, 0.6) is 5.75 Å². The third kappa shape index (κ3) is 5.73. The van der Waals surface area contributed by atoms with Gasteiger partial charge < -0.3 is 15.4 Å². The zero-order valence-corrected chi connectivity index (χ0v) is 16.2. The topological polar surface area (TPSA) is 70.7 Å². The van der Waals surface area contributed by atoms with Crippen LogP contribution in [0.2, 0.25) is 0 Å². The second-order valence-electron chi connectivity index (χ2n) is 7.24. The number of hydrogen-bond acceptors (Lipinski definition) is 4. The number of methoxy groups -OCH3 is 1. The largest absolute Gasteiger partial charge is 0.497 e. The van der Waals surface area contributed by atoms with Crippen molar-refractivity contribution < 1.29 is 14.3 Å². The van der Waals surface area contributed by atoms with E-state index in [1.54, 1.807) is 43.3 Å². The summed E-state index contributed by atoms with van der Waals surface area (Å²) in [7, 11) is 3.39. The zero-order valence-electron chi connectivity index (χ0n) is 16.2. The molecule has 1 aliphatic carbocycles. The van der Waals surface area contributed by atoms with E-state index in [-0.39, 0.29) is 30.4 Å². The Bertz CT molecular complexity index is 603. The molecule has 3 atom stereocenters. The maximum Gasteiger partial charge on any atom is 0.238 e. The Morgan fingerprint density at radius 2 is 1.88 bits per heavy atom. The van der Waals surface area contributed by atoms with E-state index in [4.69, 9.17) is 4.74 Å². The van der Waals surface area contributed by atoms with Crippen LogP contribution in [0.1, 0.15) is 39.5 Å². The Labute approximate surface area is 156 Å². The number of nitrogens with zero attached hydrogens (tertiary/aromatic N) is 1. The molecule has 2 N–H and O–H groups in total. The molecule has 0 bridgehead atoms. The van der Waals surface area contributed by atoms with E-state index in [9.17, 15) is 9.59 Å². The standard InChI is InChI=1S/C20H31N3O3/c1-14-7-5-6-8-18(14)22-20(25)15(2)23(3)13-19(24)21-16-9-11-17(26-4)12-10-16/h9-12,14-15,18H,5-8,13H2,1-4H3,(H,21,24)(H,22,25). The predicted molar refractivity (Wildman–Crippen MR) is 103 cm³/mol. The lowest BCUT2D eigenvalue weighted by atomic mass is 9.86. The maximum atomic E-state index is 12.5. The number of ether oxygens (including phenoxy) is 1. The molecule has 0 aromatic heterocycles. The molecule has 0 saturated heterocycles. The molecular weight excluding hydrogens is 330 g/mol. The van der Waals surface area contributed by atoms with Crippen LogP contribution in [-0.4, -0.2) is 49.5 Å². The number of amides is 2. The third-order valence-corrected chi connectivity index (χ3v) is 5.25. The first kappa shape index (κ1) is 20.2. The molecule has 0 spiro atoms. The van der Waals surface area contributed by atoms with Crippen LogP contribution in [0.25, 0.3) is 0 Å². The molecule has 0 aliphatic heterocycles. The van der Waals surface area contributed by atoms with Crippen LogP contribution >= 0.6 is 0 Å². The van der Waals surface area contributed by atoms with E-state index in [1.807, 2.05) is 6.92 Å². The number of carbonyl (C=O) groups is 2. The lowest BCUT2D eigenvalue weighted by molar-refractivity contribution is -0.127. The Balaban J connectivity index is 1.81. The lowest BCUT2D eigenvalue weighted by Gasteiger charge is -2.32. The SMILES string of the molecule is COc1ccc(NC(=O)CN(C)C(C)C(=O)NC2CCCCC2C)cc1. The number of anilines is 1. The third-order valence-electron chi connectivity index (χ3n) is 5.25. The van der Waals surface area contributed by atoms with E-state index in [0.29, 0.717) is 11.6 Å². The summed E-state index contributed by atoms with van der Waals surface area (Å²) in [6, 6.07) is 7.06. The molecule has 3 unspecified atom stereocenters. The summed E-state index contributed by atoms with van der Waals surface area (Å²) in [6.45, 7) is 4.19. The van der Waals surface area contributed by atoms with Crippen molar-refractivity contribution in [3.05, 3.63) is 24.3 Å². The highest BCUT2D eigenvalue weighted by Gasteiger charge is 2.26. The number of rotatable bonds is 7. The number of nitrogens with one attached hydrogen (secondary N) is 2. The van der Waals surface area contributed by atoms with E-state index in [0.717, 1.165) is 12.2 Å². The monoisotopic (exact) mass is 361 g/mol. The average Bonchev–Trinajstić information content (AvgIpc) is 2.63. The van der Waals surface area contributed by atoms with Gasteiger partial charge in [-0.2, -0.15) is 0 Å². The van der Waals surface area contributed by atoms with Crippen molar-refractivity contribution >= 4 is 17.5 Å².